The van der Waals surface area contributed by atoms with Gasteiger partial charge in [0.1, 0.15) is 11.8 Å². The number of carbonyl (C=O) groups excluding carboxylic acids is 4. The molecule has 2 aromatic rings. The van der Waals surface area contributed by atoms with Crippen molar-refractivity contribution in [3.63, 3.8) is 0 Å². The van der Waals surface area contributed by atoms with Crippen molar-refractivity contribution in [1.82, 2.24) is 15.5 Å². The zero-order valence-electron chi connectivity index (χ0n) is 18.9. The number of nitrogens with zero attached hydrogens (tertiary/aromatic N) is 1. The number of para-hydroxylation sites is 1. The number of ether oxygens (including phenoxy) is 1. The summed E-state index contributed by atoms with van der Waals surface area (Å²) in [5.74, 6) is -6.15. The molecule has 1 aliphatic carbocycles. The Labute approximate surface area is 203 Å². The van der Waals surface area contributed by atoms with Crippen LogP contribution in [0, 0.1) is 0 Å². The lowest BCUT2D eigenvalue weighted by atomic mass is 10.0. The zero-order valence-corrected chi connectivity index (χ0v) is 18.9. The molecule has 4 amide bonds. The van der Waals surface area contributed by atoms with Gasteiger partial charge in [-0.1, -0.05) is 12.1 Å². The van der Waals surface area contributed by atoms with Crippen LogP contribution < -0.4 is 15.4 Å². The summed E-state index contributed by atoms with van der Waals surface area (Å²) >= 11 is 0. The molecule has 2 aliphatic heterocycles. The molecule has 0 spiro atoms. The van der Waals surface area contributed by atoms with Gasteiger partial charge < -0.3 is 15.0 Å². The van der Waals surface area contributed by atoms with Gasteiger partial charge >= 0.3 is 0 Å². The number of carbonyl (C=O) groups is 4. The molecule has 2 unspecified atom stereocenters. The number of nitrogens with one attached hydrogen (secondary N) is 2. The number of hydrogen-bond acceptors (Lipinski definition) is 5. The predicted molar refractivity (Wildman–Crippen MR) is 119 cm³/mol. The molecule has 2 aromatic carbocycles. The highest BCUT2D eigenvalue weighted by Crippen LogP contribution is 2.39. The Balaban J connectivity index is 1.37. The van der Waals surface area contributed by atoms with Crippen LogP contribution in [0.4, 0.5) is 13.2 Å². The number of imide groups is 1. The van der Waals surface area contributed by atoms with Gasteiger partial charge in [0.25, 0.3) is 24.0 Å². The highest BCUT2D eigenvalue weighted by atomic mass is 19.3. The SMILES string of the molecule is O=C1CCC(N2Cc3cc(C(=O)NC(F)(c4ccccc4OC4CC4)C(F)F)ccc3C2=O)C(=O)N1. The van der Waals surface area contributed by atoms with E-state index in [1.54, 1.807) is 0 Å². The minimum absolute atomic E-state index is 0.0186. The van der Waals surface area contributed by atoms with Gasteiger partial charge in [0.05, 0.1) is 11.7 Å². The molecule has 1 saturated carbocycles. The van der Waals surface area contributed by atoms with Crippen LogP contribution in [0.1, 0.15) is 57.5 Å². The molecule has 11 heteroatoms. The number of halogens is 3. The van der Waals surface area contributed by atoms with Gasteiger partial charge in [-0.2, -0.15) is 0 Å². The average Bonchev–Trinajstić information content (AvgIpc) is 3.60. The molecule has 0 aromatic heterocycles. The summed E-state index contributed by atoms with van der Waals surface area (Å²) in [6.45, 7) is -0.0186. The van der Waals surface area contributed by atoms with Crippen LogP contribution in [-0.4, -0.2) is 47.1 Å². The van der Waals surface area contributed by atoms with E-state index in [9.17, 15) is 28.0 Å². The van der Waals surface area contributed by atoms with Crippen molar-refractivity contribution in [2.24, 2.45) is 0 Å². The van der Waals surface area contributed by atoms with E-state index in [0.717, 1.165) is 18.9 Å². The van der Waals surface area contributed by atoms with Crippen molar-refractivity contribution in [3.8, 4) is 5.75 Å². The molecule has 1 saturated heterocycles. The summed E-state index contributed by atoms with van der Waals surface area (Å²) in [7, 11) is 0. The fraction of sp³-hybridized carbons (Fsp3) is 0.360. The van der Waals surface area contributed by atoms with Gasteiger partial charge in [-0.15, -0.1) is 0 Å². The Morgan fingerprint density at radius 3 is 2.56 bits per heavy atom. The molecule has 2 fully saturated rings. The highest BCUT2D eigenvalue weighted by molar-refractivity contribution is 6.06. The minimum Gasteiger partial charge on any atom is -0.490 e. The normalized spacial score (nSPS) is 21.2. The number of hydrogen-bond donors (Lipinski definition) is 2. The van der Waals surface area contributed by atoms with E-state index in [2.05, 4.69) is 5.32 Å². The topological polar surface area (TPSA) is 105 Å². The third kappa shape index (κ3) is 4.29. The lowest BCUT2D eigenvalue weighted by Gasteiger charge is -2.29. The Kier molecular flexibility index (Phi) is 5.93. The summed E-state index contributed by atoms with van der Waals surface area (Å²) in [5, 5.41) is 4.01. The molecule has 2 atom stereocenters. The first-order valence-corrected chi connectivity index (χ1v) is 11.5. The fourth-order valence-electron chi connectivity index (χ4n) is 4.43. The second-order valence-electron chi connectivity index (χ2n) is 9.05. The van der Waals surface area contributed by atoms with E-state index in [-0.39, 0.29) is 42.4 Å². The first-order chi connectivity index (χ1) is 17.2. The largest absolute Gasteiger partial charge is 0.490 e. The van der Waals surface area contributed by atoms with E-state index >= 15 is 4.39 Å². The summed E-state index contributed by atoms with van der Waals surface area (Å²) in [5.41, 5.74) is 0.00619. The lowest BCUT2D eigenvalue weighted by molar-refractivity contribution is -0.136. The monoisotopic (exact) mass is 501 g/mol. The van der Waals surface area contributed by atoms with Crippen LogP contribution in [0.25, 0.3) is 0 Å². The summed E-state index contributed by atoms with van der Waals surface area (Å²) in [4.78, 5) is 50.7. The van der Waals surface area contributed by atoms with Crippen molar-refractivity contribution in [2.45, 2.75) is 56.6 Å². The number of amides is 4. The maximum absolute atomic E-state index is 15.7. The smallest absolute Gasteiger partial charge is 0.294 e. The van der Waals surface area contributed by atoms with Crippen molar-refractivity contribution in [2.75, 3.05) is 0 Å². The molecule has 5 rings (SSSR count). The van der Waals surface area contributed by atoms with E-state index in [0.29, 0.717) is 5.56 Å². The fourth-order valence-corrected chi connectivity index (χ4v) is 4.43. The van der Waals surface area contributed by atoms with E-state index in [1.165, 1.54) is 41.3 Å². The summed E-state index contributed by atoms with van der Waals surface area (Å²) in [6, 6.07) is 8.46. The Hall–Kier alpha value is -3.89. The van der Waals surface area contributed by atoms with E-state index < -0.39 is 47.5 Å². The minimum atomic E-state index is -3.59. The van der Waals surface area contributed by atoms with Gasteiger partial charge in [-0.25, -0.2) is 13.2 Å². The molecule has 2 N–H and O–H groups in total. The molecule has 36 heavy (non-hydrogen) atoms. The predicted octanol–water partition coefficient (Wildman–Crippen LogP) is 2.81. The third-order valence-corrected chi connectivity index (χ3v) is 6.48. The van der Waals surface area contributed by atoms with Crippen molar-refractivity contribution < 1.29 is 37.1 Å². The quantitative estimate of drug-likeness (QED) is 0.449. The first-order valence-electron chi connectivity index (χ1n) is 11.5. The second-order valence-corrected chi connectivity index (χ2v) is 9.05. The molecule has 0 bridgehead atoms. The summed E-state index contributed by atoms with van der Waals surface area (Å²) < 4.78 is 49.3. The Morgan fingerprint density at radius 1 is 1.11 bits per heavy atom. The number of rotatable bonds is 7. The van der Waals surface area contributed by atoms with Gasteiger partial charge in [-0.05, 0) is 55.2 Å². The van der Waals surface area contributed by atoms with Crippen LogP contribution >= 0.6 is 0 Å². The van der Waals surface area contributed by atoms with E-state index in [4.69, 9.17) is 4.74 Å². The second kappa shape index (κ2) is 8.96. The maximum atomic E-state index is 15.7. The van der Waals surface area contributed by atoms with Gasteiger partial charge in [0, 0.05) is 24.1 Å². The molecule has 2 heterocycles. The maximum Gasteiger partial charge on any atom is 0.294 e. The molecule has 188 valence electrons. The van der Waals surface area contributed by atoms with E-state index in [1.807, 2.05) is 5.32 Å². The number of fused-ring (bicyclic) bond motifs is 1. The number of alkyl halides is 3. The first kappa shape index (κ1) is 23.8. The molecule has 3 aliphatic rings. The molecule has 8 nitrogen and oxygen atoms in total. The zero-order chi connectivity index (χ0) is 25.6. The summed E-state index contributed by atoms with van der Waals surface area (Å²) in [6.07, 6.45) is -2.05. The van der Waals surface area contributed by atoms with Crippen LogP contribution in [-0.2, 0) is 21.9 Å². The van der Waals surface area contributed by atoms with Crippen molar-refractivity contribution >= 4 is 23.6 Å². The average molecular weight is 501 g/mol. The molecule has 0 radical (unpaired) electrons. The van der Waals surface area contributed by atoms with Gasteiger partial charge in [0.15, 0.2) is 0 Å². The van der Waals surface area contributed by atoms with Gasteiger partial charge in [-0.3, -0.25) is 24.5 Å². The van der Waals surface area contributed by atoms with Crippen LogP contribution in [0.15, 0.2) is 42.5 Å². The van der Waals surface area contributed by atoms with Crippen molar-refractivity contribution in [1.29, 1.82) is 0 Å². The van der Waals surface area contributed by atoms with Crippen LogP contribution in [0.5, 0.6) is 5.75 Å². The Morgan fingerprint density at radius 2 is 1.86 bits per heavy atom. The van der Waals surface area contributed by atoms with Crippen LogP contribution in [0.3, 0.4) is 0 Å². The lowest BCUT2D eigenvalue weighted by Crippen LogP contribution is -2.52. The third-order valence-electron chi connectivity index (χ3n) is 6.48. The van der Waals surface area contributed by atoms with Crippen LogP contribution in [0.2, 0.25) is 0 Å². The van der Waals surface area contributed by atoms with Gasteiger partial charge in [0.2, 0.25) is 11.8 Å². The molecular formula is C25H22F3N3O5. The standard InChI is InChI=1S/C25H22F3N3O5/c26-24(27)25(28,17-3-1-2-4-19(17)36-15-6-7-15)30-21(33)13-5-8-16-14(11-13)12-31(23(16)35)18-9-10-20(32)29-22(18)34/h1-5,8,11,15,18,24H,6-7,9-10,12H2,(H,30,33)(H,29,32,34). The number of benzene rings is 2. The number of piperidine rings is 1. The molecular weight excluding hydrogens is 479 g/mol. The Bertz CT molecular complexity index is 1270. The highest BCUT2D eigenvalue weighted by Gasteiger charge is 2.47. The van der Waals surface area contributed by atoms with Crippen molar-refractivity contribution in [3.05, 3.63) is 64.7 Å².